The quantitative estimate of drug-likeness (QED) is 0.811. The normalized spacial score (nSPS) is 16.4. The molecular formula is C21H22N2O2. The maximum Gasteiger partial charge on any atom is 0.223 e. The van der Waals surface area contributed by atoms with Gasteiger partial charge in [-0.1, -0.05) is 24.3 Å². The number of hydrogen-bond donors (Lipinski definition) is 0. The number of nitrogens with zero attached hydrogens (tertiary/aromatic N) is 2. The number of benzene rings is 2. The molecule has 0 radical (unpaired) electrons. The van der Waals surface area contributed by atoms with Crippen molar-refractivity contribution in [3.05, 3.63) is 64.7 Å². The molecule has 2 aliphatic heterocycles. The van der Waals surface area contributed by atoms with E-state index >= 15 is 0 Å². The molecule has 0 aliphatic carbocycles. The Hall–Kier alpha value is -2.46. The van der Waals surface area contributed by atoms with Gasteiger partial charge in [-0.05, 0) is 47.7 Å². The molecule has 0 atom stereocenters. The maximum atomic E-state index is 12.7. The summed E-state index contributed by atoms with van der Waals surface area (Å²) in [6.45, 7) is 4.51. The summed E-state index contributed by atoms with van der Waals surface area (Å²) in [5.41, 5.74) is 5.53. The third-order valence-electron chi connectivity index (χ3n) is 5.25. The van der Waals surface area contributed by atoms with E-state index in [1.807, 2.05) is 18.2 Å². The van der Waals surface area contributed by atoms with Crippen LogP contribution in [0.1, 0.15) is 34.0 Å². The molecule has 0 spiro atoms. The summed E-state index contributed by atoms with van der Waals surface area (Å²) in [6, 6.07) is 14.2. The predicted octanol–water partition coefficient (Wildman–Crippen LogP) is 2.84. The van der Waals surface area contributed by atoms with E-state index in [1.54, 1.807) is 11.8 Å². The number of fused-ring (bicyclic) bond motifs is 2. The summed E-state index contributed by atoms with van der Waals surface area (Å²) < 4.78 is 0. The molecule has 0 N–H and O–H groups in total. The van der Waals surface area contributed by atoms with Gasteiger partial charge in [0.15, 0.2) is 5.78 Å². The molecule has 4 heteroatoms. The zero-order chi connectivity index (χ0) is 17.4. The maximum absolute atomic E-state index is 12.7. The molecule has 0 aromatic heterocycles. The number of carbonyl (C=O) groups is 2. The van der Waals surface area contributed by atoms with Gasteiger partial charge in [-0.15, -0.1) is 0 Å². The number of rotatable bonds is 3. The second-order valence-corrected chi connectivity index (χ2v) is 6.92. The summed E-state index contributed by atoms with van der Waals surface area (Å²) in [4.78, 5) is 28.4. The molecule has 0 saturated carbocycles. The average Bonchev–Trinajstić information content (AvgIpc) is 3.05. The van der Waals surface area contributed by atoms with Gasteiger partial charge >= 0.3 is 0 Å². The van der Waals surface area contributed by atoms with E-state index in [-0.39, 0.29) is 11.7 Å². The number of hydrogen-bond acceptors (Lipinski definition) is 3. The minimum Gasteiger partial charge on any atom is -0.312 e. The highest BCUT2D eigenvalue weighted by Gasteiger charge is 2.24. The van der Waals surface area contributed by atoms with Crippen LogP contribution in [0.5, 0.6) is 0 Å². The molecule has 1 amide bonds. The first-order valence-corrected chi connectivity index (χ1v) is 8.85. The summed E-state index contributed by atoms with van der Waals surface area (Å²) >= 11 is 0. The van der Waals surface area contributed by atoms with Crippen molar-refractivity contribution < 1.29 is 9.59 Å². The van der Waals surface area contributed by atoms with Crippen molar-refractivity contribution in [2.24, 2.45) is 0 Å². The van der Waals surface area contributed by atoms with Crippen LogP contribution in [0, 0.1) is 0 Å². The minimum absolute atomic E-state index is 0.0600. The van der Waals surface area contributed by atoms with Gasteiger partial charge in [0.1, 0.15) is 0 Å². The Bertz CT molecular complexity index is 844. The molecule has 128 valence electrons. The molecule has 4 nitrogen and oxygen atoms in total. The standard InChI is InChI=1S/C21H22N2O2/c1-15(24)23-11-9-17-12-18(6-7-20(17)23)21(25)14-22-10-8-16-4-2-3-5-19(16)13-22/h2-7,12H,8-11,13-14H2,1H3. The van der Waals surface area contributed by atoms with E-state index in [0.29, 0.717) is 13.1 Å². The molecule has 2 aromatic carbocycles. The lowest BCUT2D eigenvalue weighted by atomic mass is 9.99. The second-order valence-electron chi connectivity index (χ2n) is 6.92. The largest absolute Gasteiger partial charge is 0.312 e. The third-order valence-corrected chi connectivity index (χ3v) is 5.25. The van der Waals surface area contributed by atoms with E-state index in [0.717, 1.165) is 42.7 Å². The first-order valence-electron chi connectivity index (χ1n) is 8.85. The predicted molar refractivity (Wildman–Crippen MR) is 97.9 cm³/mol. The van der Waals surface area contributed by atoms with Crippen molar-refractivity contribution in [3.63, 3.8) is 0 Å². The van der Waals surface area contributed by atoms with Gasteiger partial charge in [0.2, 0.25) is 5.91 Å². The van der Waals surface area contributed by atoms with Gasteiger partial charge in [0, 0.05) is 37.8 Å². The van der Waals surface area contributed by atoms with Crippen LogP contribution in [0.2, 0.25) is 0 Å². The SMILES string of the molecule is CC(=O)N1CCc2cc(C(=O)CN3CCc4ccccc4C3)ccc21. The molecule has 25 heavy (non-hydrogen) atoms. The topological polar surface area (TPSA) is 40.6 Å². The van der Waals surface area contributed by atoms with E-state index in [4.69, 9.17) is 0 Å². The fraction of sp³-hybridized carbons (Fsp3) is 0.333. The summed E-state index contributed by atoms with van der Waals surface area (Å²) in [5, 5.41) is 0. The Balaban J connectivity index is 1.47. The van der Waals surface area contributed by atoms with Gasteiger partial charge in [-0.3, -0.25) is 14.5 Å². The molecule has 0 saturated heterocycles. The highest BCUT2D eigenvalue weighted by atomic mass is 16.2. The van der Waals surface area contributed by atoms with Crippen LogP contribution in [0.4, 0.5) is 5.69 Å². The van der Waals surface area contributed by atoms with Crippen molar-refractivity contribution in [1.82, 2.24) is 4.90 Å². The van der Waals surface area contributed by atoms with Gasteiger partial charge in [-0.25, -0.2) is 0 Å². The smallest absolute Gasteiger partial charge is 0.223 e. The zero-order valence-corrected chi connectivity index (χ0v) is 14.5. The highest BCUT2D eigenvalue weighted by molar-refractivity contribution is 6.00. The molecule has 2 aromatic rings. The van der Waals surface area contributed by atoms with Crippen LogP contribution in [0.25, 0.3) is 0 Å². The first-order chi connectivity index (χ1) is 12.1. The highest BCUT2D eigenvalue weighted by Crippen LogP contribution is 2.29. The summed E-state index contributed by atoms with van der Waals surface area (Å²) in [6.07, 6.45) is 1.83. The Morgan fingerprint density at radius 2 is 1.72 bits per heavy atom. The Kier molecular flexibility index (Phi) is 4.14. The van der Waals surface area contributed by atoms with Crippen molar-refractivity contribution in [2.75, 3.05) is 24.5 Å². The lowest BCUT2D eigenvalue weighted by molar-refractivity contribution is -0.116. The van der Waals surface area contributed by atoms with E-state index < -0.39 is 0 Å². The lowest BCUT2D eigenvalue weighted by Crippen LogP contribution is -2.34. The molecule has 2 heterocycles. The Labute approximate surface area is 148 Å². The van der Waals surface area contributed by atoms with Crippen molar-refractivity contribution in [1.29, 1.82) is 0 Å². The lowest BCUT2D eigenvalue weighted by Gasteiger charge is -2.28. The number of carbonyl (C=O) groups excluding carboxylic acids is 2. The second kappa shape index (κ2) is 6.45. The van der Waals surface area contributed by atoms with Crippen LogP contribution >= 0.6 is 0 Å². The first kappa shape index (κ1) is 16.0. The minimum atomic E-state index is 0.0600. The average molecular weight is 334 g/mol. The van der Waals surface area contributed by atoms with Crippen LogP contribution in [0.15, 0.2) is 42.5 Å². The molecule has 0 fully saturated rings. The van der Waals surface area contributed by atoms with Gasteiger partial charge in [0.25, 0.3) is 0 Å². The van der Waals surface area contributed by atoms with Crippen LogP contribution in [0.3, 0.4) is 0 Å². The molecule has 4 rings (SSSR count). The third kappa shape index (κ3) is 3.10. The van der Waals surface area contributed by atoms with Gasteiger partial charge < -0.3 is 4.90 Å². The Morgan fingerprint density at radius 3 is 2.52 bits per heavy atom. The van der Waals surface area contributed by atoms with E-state index in [1.165, 1.54) is 11.1 Å². The van der Waals surface area contributed by atoms with Crippen molar-refractivity contribution in [2.45, 2.75) is 26.3 Å². The Morgan fingerprint density at radius 1 is 0.960 bits per heavy atom. The van der Waals surface area contributed by atoms with Crippen LogP contribution in [-0.4, -0.2) is 36.2 Å². The molecular weight excluding hydrogens is 312 g/mol. The number of Topliss-reactive ketones (excluding diaryl/α,β-unsaturated/α-hetero) is 1. The molecule has 2 aliphatic rings. The summed E-state index contributed by atoms with van der Waals surface area (Å²) in [7, 11) is 0. The van der Waals surface area contributed by atoms with Crippen LogP contribution in [-0.2, 0) is 24.2 Å². The fourth-order valence-electron chi connectivity index (χ4n) is 3.89. The monoisotopic (exact) mass is 334 g/mol. The molecule has 0 bridgehead atoms. The number of anilines is 1. The van der Waals surface area contributed by atoms with E-state index in [2.05, 4.69) is 29.2 Å². The zero-order valence-electron chi connectivity index (χ0n) is 14.5. The van der Waals surface area contributed by atoms with Crippen LogP contribution < -0.4 is 4.90 Å². The van der Waals surface area contributed by atoms with Gasteiger partial charge in [0.05, 0.1) is 6.54 Å². The number of ketones is 1. The van der Waals surface area contributed by atoms with Crippen molar-refractivity contribution in [3.8, 4) is 0 Å². The van der Waals surface area contributed by atoms with Gasteiger partial charge in [-0.2, -0.15) is 0 Å². The fourth-order valence-corrected chi connectivity index (χ4v) is 3.89. The number of amides is 1. The molecule has 0 unspecified atom stereocenters. The van der Waals surface area contributed by atoms with E-state index in [9.17, 15) is 9.59 Å². The summed E-state index contributed by atoms with van der Waals surface area (Å²) in [5.74, 6) is 0.216. The van der Waals surface area contributed by atoms with Crippen molar-refractivity contribution >= 4 is 17.4 Å².